The van der Waals surface area contributed by atoms with Crippen LogP contribution >= 0.6 is 11.6 Å². The normalized spacial score (nSPS) is 22.6. The van der Waals surface area contributed by atoms with Gasteiger partial charge in [-0.15, -0.1) is 0 Å². The molecule has 1 aromatic rings. The molecule has 0 spiro atoms. The van der Waals surface area contributed by atoms with Crippen LogP contribution in [0.2, 0.25) is 5.02 Å². The first kappa shape index (κ1) is 16.5. The highest BCUT2D eigenvalue weighted by Gasteiger charge is 2.54. The molecule has 6 nitrogen and oxygen atoms in total. The highest BCUT2D eigenvalue weighted by molar-refractivity contribution is 6.31. The van der Waals surface area contributed by atoms with Crippen LogP contribution in [0.15, 0.2) is 6.20 Å². The Morgan fingerprint density at radius 3 is 2.70 bits per heavy atom. The Labute approximate surface area is 141 Å². The Balaban J connectivity index is 1.76. The molecule has 1 aliphatic heterocycles. The molecule has 1 unspecified atom stereocenters. The maximum atomic E-state index is 11.8. The second kappa shape index (κ2) is 6.24. The third-order valence-corrected chi connectivity index (χ3v) is 5.63. The number of likely N-dealkylation sites (tertiary alicyclic amines) is 1. The lowest BCUT2D eigenvalue weighted by Gasteiger charge is -2.29. The van der Waals surface area contributed by atoms with Gasteiger partial charge in [0.25, 0.3) is 0 Å². The number of rotatable bonds is 5. The van der Waals surface area contributed by atoms with Crippen molar-refractivity contribution in [3.63, 3.8) is 0 Å². The van der Waals surface area contributed by atoms with Gasteiger partial charge in [-0.3, -0.25) is 4.79 Å². The smallest absolute Gasteiger partial charge is 0.224 e. The van der Waals surface area contributed by atoms with Crippen LogP contribution in [0.3, 0.4) is 0 Å². The third-order valence-electron chi connectivity index (χ3n) is 5.34. The molecular weight excluding hydrogens is 314 g/mol. The second-order valence-electron chi connectivity index (χ2n) is 6.89. The predicted octanol–water partition coefficient (Wildman–Crippen LogP) is 2.01. The van der Waals surface area contributed by atoms with E-state index in [1.165, 1.54) is 0 Å². The van der Waals surface area contributed by atoms with E-state index in [2.05, 4.69) is 27.2 Å². The van der Waals surface area contributed by atoms with E-state index in [-0.39, 0.29) is 11.8 Å². The Morgan fingerprint density at radius 2 is 2.13 bits per heavy atom. The van der Waals surface area contributed by atoms with Crippen LogP contribution < -0.4 is 11.1 Å². The molecule has 1 saturated heterocycles. The summed E-state index contributed by atoms with van der Waals surface area (Å²) in [6, 6.07) is 0.376. The Kier molecular flexibility index (Phi) is 4.47. The van der Waals surface area contributed by atoms with E-state index in [1.54, 1.807) is 6.20 Å². The van der Waals surface area contributed by atoms with Gasteiger partial charge in [0, 0.05) is 12.0 Å². The van der Waals surface area contributed by atoms with E-state index in [0.717, 1.165) is 38.8 Å². The summed E-state index contributed by atoms with van der Waals surface area (Å²) in [5, 5.41) is 3.90. The summed E-state index contributed by atoms with van der Waals surface area (Å²) in [6.07, 6.45) is 5.37. The summed E-state index contributed by atoms with van der Waals surface area (Å²) in [5.74, 6) is 0.240. The van der Waals surface area contributed by atoms with E-state index < -0.39 is 5.41 Å². The third kappa shape index (κ3) is 3.28. The zero-order chi connectivity index (χ0) is 16.6. The SMILES string of the molecule is CC(c1nc(NC2CCN(C)CC2)ncc1Cl)C1(C(N)=O)CC1. The van der Waals surface area contributed by atoms with Crippen molar-refractivity contribution >= 4 is 23.5 Å². The van der Waals surface area contributed by atoms with Gasteiger partial charge in [0.05, 0.1) is 22.3 Å². The molecule has 3 N–H and O–H groups in total. The van der Waals surface area contributed by atoms with Crippen molar-refractivity contribution in [3.8, 4) is 0 Å². The molecule has 1 aromatic heterocycles. The second-order valence-corrected chi connectivity index (χ2v) is 7.30. The Hall–Kier alpha value is -1.40. The van der Waals surface area contributed by atoms with Gasteiger partial charge in [0.1, 0.15) is 0 Å². The van der Waals surface area contributed by atoms with E-state index in [1.807, 2.05) is 6.92 Å². The van der Waals surface area contributed by atoms with Gasteiger partial charge < -0.3 is 16.0 Å². The zero-order valence-corrected chi connectivity index (χ0v) is 14.4. The summed E-state index contributed by atoms with van der Waals surface area (Å²) >= 11 is 6.28. The minimum atomic E-state index is -0.483. The van der Waals surface area contributed by atoms with Gasteiger partial charge in [-0.1, -0.05) is 18.5 Å². The number of hydrogen-bond acceptors (Lipinski definition) is 5. The molecule has 1 amide bonds. The first-order valence-electron chi connectivity index (χ1n) is 8.20. The van der Waals surface area contributed by atoms with E-state index in [0.29, 0.717) is 22.7 Å². The fourth-order valence-corrected chi connectivity index (χ4v) is 3.63. The van der Waals surface area contributed by atoms with Crippen molar-refractivity contribution in [2.75, 3.05) is 25.5 Å². The van der Waals surface area contributed by atoms with E-state index >= 15 is 0 Å². The Morgan fingerprint density at radius 1 is 1.48 bits per heavy atom. The average molecular weight is 338 g/mol. The van der Waals surface area contributed by atoms with Gasteiger partial charge in [-0.25, -0.2) is 9.97 Å². The van der Waals surface area contributed by atoms with E-state index in [9.17, 15) is 4.79 Å². The number of piperidine rings is 1. The molecule has 1 saturated carbocycles. The lowest BCUT2D eigenvalue weighted by Crippen LogP contribution is -2.37. The van der Waals surface area contributed by atoms with Gasteiger partial charge in [0.2, 0.25) is 11.9 Å². The molecule has 1 aliphatic carbocycles. The maximum absolute atomic E-state index is 11.8. The molecule has 2 fully saturated rings. The molecule has 23 heavy (non-hydrogen) atoms. The first-order valence-corrected chi connectivity index (χ1v) is 8.57. The van der Waals surface area contributed by atoms with Crippen molar-refractivity contribution in [1.82, 2.24) is 14.9 Å². The molecule has 126 valence electrons. The van der Waals surface area contributed by atoms with Gasteiger partial charge in [-0.05, 0) is 45.8 Å². The zero-order valence-electron chi connectivity index (χ0n) is 13.7. The molecule has 0 bridgehead atoms. The quantitative estimate of drug-likeness (QED) is 0.858. The number of anilines is 1. The minimum Gasteiger partial charge on any atom is -0.369 e. The lowest BCUT2D eigenvalue weighted by atomic mass is 9.87. The fraction of sp³-hybridized carbons (Fsp3) is 0.688. The number of aromatic nitrogens is 2. The highest BCUT2D eigenvalue weighted by Crippen LogP contribution is 2.56. The molecule has 0 aromatic carbocycles. The molecule has 2 heterocycles. The number of carbonyl (C=O) groups excluding carboxylic acids is 1. The van der Waals surface area contributed by atoms with Crippen LogP contribution in [0.25, 0.3) is 0 Å². The molecule has 7 heteroatoms. The molecule has 1 atom stereocenters. The highest BCUT2D eigenvalue weighted by atomic mass is 35.5. The van der Waals surface area contributed by atoms with Crippen LogP contribution in [0.1, 0.15) is 44.2 Å². The van der Waals surface area contributed by atoms with E-state index in [4.69, 9.17) is 17.3 Å². The van der Waals surface area contributed by atoms with Crippen LogP contribution in [0.5, 0.6) is 0 Å². The molecule has 3 rings (SSSR count). The predicted molar refractivity (Wildman–Crippen MR) is 90.5 cm³/mol. The number of nitrogens with zero attached hydrogens (tertiary/aromatic N) is 3. The summed E-state index contributed by atoms with van der Waals surface area (Å²) < 4.78 is 0. The Bertz CT molecular complexity index is 596. The number of halogens is 1. The molecule has 2 aliphatic rings. The summed E-state index contributed by atoms with van der Waals surface area (Å²) in [6.45, 7) is 4.12. The van der Waals surface area contributed by atoms with Crippen molar-refractivity contribution in [1.29, 1.82) is 0 Å². The summed E-state index contributed by atoms with van der Waals surface area (Å²) in [7, 11) is 2.13. The van der Waals surface area contributed by atoms with Crippen molar-refractivity contribution in [3.05, 3.63) is 16.9 Å². The van der Waals surface area contributed by atoms with Crippen LogP contribution in [0.4, 0.5) is 5.95 Å². The number of amides is 1. The first-order chi connectivity index (χ1) is 10.9. The standard InChI is InChI=1S/C16H24ClN5O/c1-10(16(5-6-16)14(18)23)13-12(17)9-19-15(21-13)20-11-3-7-22(2)8-4-11/h9-11H,3-8H2,1-2H3,(H2,18,23)(H,19,20,21). The average Bonchev–Trinajstić information content (AvgIpc) is 3.32. The monoisotopic (exact) mass is 337 g/mol. The van der Waals surface area contributed by atoms with Crippen LogP contribution in [-0.4, -0.2) is 47.0 Å². The number of primary amides is 1. The number of carbonyl (C=O) groups is 1. The van der Waals surface area contributed by atoms with Gasteiger partial charge >= 0.3 is 0 Å². The van der Waals surface area contributed by atoms with Crippen LogP contribution in [0, 0.1) is 5.41 Å². The summed E-state index contributed by atoms with van der Waals surface area (Å²) in [5.41, 5.74) is 5.81. The van der Waals surface area contributed by atoms with Crippen LogP contribution in [-0.2, 0) is 4.79 Å². The molecule has 0 radical (unpaired) electrons. The topological polar surface area (TPSA) is 84.1 Å². The fourth-order valence-electron chi connectivity index (χ4n) is 3.38. The van der Waals surface area contributed by atoms with Crippen molar-refractivity contribution < 1.29 is 4.79 Å². The van der Waals surface area contributed by atoms with Gasteiger partial charge in [-0.2, -0.15) is 0 Å². The van der Waals surface area contributed by atoms with Crippen molar-refractivity contribution in [2.45, 2.75) is 44.6 Å². The number of nitrogens with two attached hydrogens (primary N) is 1. The minimum absolute atomic E-state index is 0.0893. The maximum Gasteiger partial charge on any atom is 0.224 e. The molecular formula is C16H24ClN5O. The largest absolute Gasteiger partial charge is 0.369 e. The summed E-state index contributed by atoms with van der Waals surface area (Å²) in [4.78, 5) is 23.0. The lowest BCUT2D eigenvalue weighted by molar-refractivity contribution is -0.123. The van der Waals surface area contributed by atoms with Crippen molar-refractivity contribution in [2.24, 2.45) is 11.1 Å². The number of nitrogens with one attached hydrogen (secondary N) is 1. The number of hydrogen-bond donors (Lipinski definition) is 2. The van der Waals surface area contributed by atoms with Gasteiger partial charge in [0.15, 0.2) is 0 Å².